The first kappa shape index (κ1) is 16.9. The Labute approximate surface area is 165 Å². The number of aromatic nitrogens is 7. The lowest BCUT2D eigenvalue weighted by Crippen LogP contribution is -2.05. The van der Waals surface area contributed by atoms with E-state index in [1.165, 1.54) is 0 Å². The molecule has 1 aromatic carbocycles. The first-order valence-corrected chi connectivity index (χ1v) is 9.02. The molecule has 4 heterocycles. The van der Waals surface area contributed by atoms with Crippen LogP contribution < -0.4 is 0 Å². The van der Waals surface area contributed by atoms with Gasteiger partial charge in [-0.3, -0.25) is 9.97 Å². The first-order chi connectivity index (χ1) is 14.3. The van der Waals surface area contributed by atoms with Gasteiger partial charge in [-0.2, -0.15) is 5.26 Å². The molecule has 0 aliphatic carbocycles. The highest BCUT2D eigenvalue weighted by molar-refractivity contribution is 5.79. The molecule has 0 aliphatic heterocycles. The molecule has 0 aliphatic rings. The minimum atomic E-state index is 0.477. The number of benzene rings is 1. The topological polar surface area (TPSA) is 106 Å². The van der Waals surface area contributed by atoms with E-state index < -0.39 is 0 Å². The highest BCUT2D eigenvalue weighted by Crippen LogP contribution is 2.16. The van der Waals surface area contributed by atoms with E-state index in [1.807, 2.05) is 24.3 Å². The van der Waals surface area contributed by atoms with Gasteiger partial charge in [-0.25, -0.2) is 14.6 Å². The zero-order valence-electron chi connectivity index (χ0n) is 15.3. The van der Waals surface area contributed by atoms with Crippen LogP contribution in [0, 0.1) is 11.3 Å². The molecule has 29 heavy (non-hydrogen) atoms. The highest BCUT2D eigenvalue weighted by atomic mass is 15.4. The van der Waals surface area contributed by atoms with Crippen LogP contribution in [-0.2, 0) is 13.0 Å². The molecule has 0 spiro atoms. The number of pyridine rings is 2. The summed E-state index contributed by atoms with van der Waals surface area (Å²) in [5.74, 6) is 0. The monoisotopic (exact) mass is 378 g/mol. The van der Waals surface area contributed by atoms with Crippen molar-refractivity contribution in [2.45, 2.75) is 13.0 Å². The van der Waals surface area contributed by atoms with Gasteiger partial charge in [0.15, 0.2) is 5.65 Å². The van der Waals surface area contributed by atoms with E-state index in [0.717, 1.165) is 27.9 Å². The predicted octanol–water partition coefficient (Wildman–Crippen LogP) is 2.68. The molecular weight excluding hydrogens is 364 g/mol. The molecule has 8 heteroatoms. The average Bonchev–Trinajstić information content (AvgIpc) is 3.16. The van der Waals surface area contributed by atoms with Crippen LogP contribution >= 0.6 is 0 Å². The van der Waals surface area contributed by atoms with E-state index in [-0.39, 0.29) is 0 Å². The fraction of sp³-hybridized carbons (Fsp3) is 0.0952. The van der Waals surface area contributed by atoms with E-state index in [0.29, 0.717) is 29.8 Å². The number of fused-ring (bicyclic) bond motifs is 2. The molecule has 0 fully saturated rings. The van der Waals surface area contributed by atoms with Crippen LogP contribution in [0.4, 0.5) is 0 Å². The summed E-state index contributed by atoms with van der Waals surface area (Å²) >= 11 is 0. The lowest BCUT2D eigenvalue weighted by Gasteiger charge is -2.05. The Bertz CT molecular complexity index is 1380. The normalized spacial score (nSPS) is 11.0. The van der Waals surface area contributed by atoms with Crippen LogP contribution in [0.2, 0.25) is 0 Å². The maximum absolute atomic E-state index is 9.05. The smallest absolute Gasteiger partial charge is 0.221 e. The van der Waals surface area contributed by atoms with Crippen molar-refractivity contribution in [3.8, 4) is 6.07 Å². The third-order valence-corrected chi connectivity index (χ3v) is 4.58. The van der Waals surface area contributed by atoms with Gasteiger partial charge in [-0.1, -0.05) is 17.3 Å². The zero-order valence-corrected chi connectivity index (χ0v) is 15.3. The molecule has 0 amide bonds. The van der Waals surface area contributed by atoms with E-state index >= 15 is 0 Å². The standard InChI is InChI=1S/C21H14N8/c22-11-14-5-7-23-17(9-14)10-18-12-25-20-21(26-18)29(28-27-20)13-15-3-4-19-16(8-15)2-1-6-24-19/h1-9,12H,10,13H2. The maximum atomic E-state index is 9.05. The third kappa shape index (κ3) is 3.37. The average molecular weight is 378 g/mol. The largest absolute Gasteiger partial charge is 0.261 e. The zero-order chi connectivity index (χ0) is 19.6. The predicted molar refractivity (Wildman–Crippen MR) is 106 cm³/mol. The Morgan fingerprint density at radius 3 is 2.86 bits per heavy atom. The number of hydrogen-bond acceptors (Lipinski definition) is 7. The van der Waals surface area contributed by atoms with Crippen LogP contribution in [0.1, 0.15) is 22.5 Å². The van der Waals surface area contributed by atoms with Gasteiger partial charge < -0.3 is 0 Å². The number of nitrogens with zero attached hydrogens (tertiary/aromatic N) is 8. The molecule has 5 aromatic rings. The molecule has 5 rings (SSSR count). The number of rotatable bonds is 4. The molecule has 0 bridgehead atoms. The van der Waals surface area contributed by atoms with Crippen molar-refractivity contribution >= 4 is 22.2 Å². The molecule has 0 radical (unpaired) electrons. The van der Waals surface area contributed by atoms with Gasteiger partial charge in [0.1, 0.15) is 0 Å². The second-order valence-corrected chi connectivity index (χ2v) is 6.61. The summed E-state index contributed by atoms with van der Waals surface area (Å²) in [5.41, 5.74) is 5.22. The fourth-order valence-electron chi connectivity index (χ4n) is 3.21. The fourth-order valence-corrected chi connectivity index (χ4v) is 3.21. The van der Waals surface area contributed by atoms with Gasteiger partial charge in [-0.05, 0) is 35.9 Å². The molecule has 8 nitrogen and oxygen atoms in total. The van der Waals surface area contributed by atoms with Crippen LogP contribution in [0.5, 0.6) is 0 Å². The quantitative estimate of drug-likeness (QED) is 0.473. The Kier molecular flexibility index (Phi) is 4.11. The van der Waals surface area contributed by atoms with Gasteiger partial charge in [0, 0.05) is 29.9 Å². The van der Waals surface area contributed by atoms with Gasteiger partial charge >= 0.3 is 0 Å². The molecule has 0 saturated carbocycles. The Balaban J connectivity index is 1.46. The molecular formula is C21H14N8. The number of nitriles is 1. The van der Waals surface area contributed by atoms with E-state index in [4.69, 9.17) is 5.26 Å². The summed E-state index contributed by atoms with van der Waals surface area (Å²) in [7, 11) is 0. The summed E-state index contributed by atoms with van der Waals surface area (Å²) in [4.78, 5) is 17.7. The minimum Gasteiger partial charge on any atom is -0.261 e. The molecule has 0 saturated heterocycles. The van der Waals surface area contributed by atoms with Crippen LogP contribution in [0.3, 0.4) is 0 Å². The summed E-state index contributed by atoms with van der Waals surface area (Å²) in [6, 6.07) is 15.6. The minimum absolute atomic E-state index is 0.477. The van der Waals surface area contributed by atoms with Crippen molar-refractivity contribution in [1.82, 2.24) is 34.9 Å². The summed E-state index contributed by atoms with van der Waals surface area (Å²) in [5, 5.41) is 18.5. The molecule has 0 atom stereocenters. The van der Waals surface area contributed by atoms with Crippen molar-refractivity contribution in [1.29, 1.82) is 5.26 Å². The van der Waals surface area contributed by atoms with Gasteiger partial charge in [0.05, 0.1) is 35.6 Å². The Morgan fingerprint density at radius 2 is 1.93 bits per heavy atom. The van der Waals surface area contributed by atoms with Gasteiger partial charge in [0.25, 0.3) is 0 Å². The van der Waals surface area contributed by atoms with Crippen LogP contribution in [-0.4, -0.2) is 34.9 Å². The Hall–Kier alpha value is -4.25. The molecule has 138 valence electrons. The SMILES string of the molecule is N#Cc1ccnc(Cc2cnc3nnn(Cc4ccc5ncccc5c4)c3n2)c1. The van der Waals surface area contributed by atoms with E-state index in [9.17, 15) is 0 Å². The van der Waals surface area contributed by atoms with Crippen LogP contribution in [0.25, 0.3) is 22.2 Å². The summed E-state index contributed by atoms with van der Waals surface area (Å²) in [6.07, 6.45) is 5.56. The second kappa shape index (κ2) is 7.05. The maximum Gasteiger partial charge on any atom is 0.221 e. The van der Waals surface area contributed by atoms with Gasteiger partial charge in [-0.15, -0.1) is 5.10 Å². The Morgan fingerprint density at radius 1 is 0.966 bits per heavy atom. The van der Waals surface area contributed by atoms with Crippen molar-refractivity contribution in [3.05, 3.63) is 83.6 Å². The third-order valence-electron chi connectivity index (χ3n) is 4.58. The summed E-state index contributed by atoms with van der Waals surface area (Å²) < 4.78 is 1.74. The van der Waals surface area contributed by atoms with Crippen molar-refractivity contribution in [3.63, 3.8) is 0 Å². The van der Waals surface area contributed by atoms with E-state index in [2.05, 4.69) is 42.4 Å². The highest BCUT2D eigenvalue weighted by Gasteiger charge is 2.11. The molecule has 0 N–H and O–H groups in total. The lowest BCUT2D eigenvalue weighted by molar-refractivity contribution is 0.663. The van der Waals surface area contributed by atoms with Gasteiger partial charge in [0.2, 0.25) is 5.65 Å². The van der Waals surface area contributed by atoms with Crippen molar-refractivity contribution in [2.75, 3.05) is 0 Å². The lowest BCUT2D eigenvalue weighted by atomic mass is 10.1. The number of hydrogen-bond donors (Lipinski definition) is 0. The van der Waals surface area contributed by atoms with Crippen molar-refractivity contribution in [2.24, 2.45) is 0 Å². The van der Waals surface area contributed by atoms with Crippen LogP contribution in [0.15, 0.2) is 61.1 Å². The second-order valence-electron chi connectivity index (χ2n) is 6.61. The summed E-state index contributed by atoms with van der Waals surface area (Å²) in [6.45, 7) is 0.529. The molecule has 0 unspecified atom stereocenters. The van der Waals surface area contributed by atoms with E-state index in [1.54, 1.807) is 35.4 Å². The molecule has 4 aromatic heterocycles. The van der Waals surface area contributed by atoms with Crippen molar-refractivity contribution < 1.29 is 0 Å². The first-order valence-electron chi connectivity index (χ1n) is 9.02.